The topological polar surface area (TPSA) is 80.5 Å². The fourth-order valence-electron chi connectivity index (χ4n) is 3.85. The lowest BCUT2D eigenvalue weighted by Gasteiger charge is -2.35. The van der Waals surface area contributed by atoms with Crippen LogP contribution >= 0.6 is 0 Å². The van der Waals surface area contributed by atoms with E-state index in [0.717, 1.165) is 38.4 Å². The first kappa shape index (κ1) is 16.2. The fourth-order valence-corrected chi connectivity index (χ4v) is 3.85. The first-order valence-electron chi connectivity index (χ1n) is 8.72. The summed E-state index contributed by atoms with van der Waals surface area (Å²) in [6.07, 6.45) is 4.47. The van der Waals surface area contributed by atoms with Crippen molar-refractivity contribution in [1.82, 2.24) is 20.4 Å². The van der Waals surface area contributed by atoms with Crippen LogP contribution in [0.15, 0.2) is 41.2 Å². The van der Waals surface area contributed by atoms with Gasteiger partial charge in [-0.25, -0.2) is 0 Å². The molecule has 2 aliphatic heterocycles. The molecular weight excluding hydrogens is 320 g/mol. The van der Waals surface area contributed by atoms with Gasteiger partial charge in [0.15, 0.2) is 0 Å². The van der Waals surface area contributed by atoms with Gasteiger partial charge in [0.2, 0.25) is 5.76 Å². The van der Waals surface area contributed by atoms with E-state index in [1.165, 1.54) is 6.20 Å². The Morgan fingerprint density at radius 3 is 3.08 bits per heavy atom. The Hall–Kier alpha value is -2.25. The second kappa shape index (κ2) is 7.33. The molecule has 0 aliphatic carbocycles. The summed E-state index contributed by atoms with van der Waals surface area (Å²) in [5, 5.41) is 6.44. The number of carbonyl (C=O) groups is 1. The molecule has 0 radical (unpaired) electrons. The number of hydrogen-bond donors (Lipinski definition) is 1. The number of pyridine rings is 1. The molecule has 7 heteroatoms. The highest BCUT2D eigenvalue weighted by atomic mass is 16.5. The van der Waals surface area contributed by atoms with Gasteiger partial charge < -0.3 is 14.6 Å². The van der Waals surface area contributed by atoms with E-state index >= 15 is 0 Å². The van der Waals surface area contributed by atoms with Gasteiger partial charge in [-0.15, -0.1) is 0 Å². The lowest BCUT2D eigenvalue weighted by molar-refractivity contribution is 0.0724. The van der Waals surface area contributed by atoms with Crippen LogP contribution in [0.2, 0.25) is 0 Å². The van der Waals surface area contributed by atoms with Crippen LogP contribution in [0.1, 0.15) is 22.7 Å². The number of amides is 1. The zero-order valence-corrected chi connectivity index (χ0v) is 14.0. The second-order valence-electron chi connectivity index (χ2n) is 6.73. The first-order chi connectivity index (χ1) is 12.3. The van der Waals surface area contributed by atoms with Crippen molar-refractivity contribution in [2.45, 2.75) is 19.1 Å². The summed E-state index contributed by atoms with van der Waals surface area (Å²) in [6, 6.07) is 7.60. The molecule has 1 N–H and O–H groups in total. The number of nitrogens with zero attached hydrogens (tertiary/aromatic N) is 3. The predicted octanol–water partition coefficient (Wildman–Crippen LogP) is 1.34. The van der Waals surface area contributed by atoms with Gasteiger partial charge >= 0.3 is 0 Å². The number of aromatic nitrogens is 2. The molecule has 0 aromatic carbocycles. The average molecular weight is 342 g/mol. The van der Waals surface area contributed by atoms with Gasteiger partial charge in [-0.3, -0.25) is 14.7 Å². The normalized spacial score (nSPS) is 26.3. The third-order valence-corrected chi connectivity index (χ3v) is 5.12. The Labute approximate surface area is 146 Å². The highest BCUT2D eigenvalue weighted by molar-refractivity contribution is 5.91. The number of piperidine rings is 1. The molecule has 0 saturated carbocycles. The number of rotatable bonds is 5. The molecule has 0 unspecified atom stereocenters. The molecule has 4 heterocycles. The molecule has 2 aliphatic rings. The Morgan fingerprint density at radius 1 is 1.32 bits per heavy atom. The zero-order valence-electron chi connectivity index (χ0n) is 14.0. The van der Waals surface area contributed by atoms with Crippen LogP contribution in [0, 0.1) is 11.8 Å². The molecule has 2 saturated heterocycles. The van der Waals surface area contributed by atoms with Crippen molar-refractivity contribution in [3.63, 3.8) is 0 Å². The van der Waals surface area contributed by atoms with E-state index in [1.54, 1.807) is 6.07 Å². The van der Waals surface area contributed by atoms with Crippen LogP contribution in [0.3, 0.4) is 0 Å². The molecule has 4 rings (SSSR count). The Kier molecular flexibility index (Phi) is 4.76. The maximum atomic E-state index is 12.0. The number of ether oxygens (including phenoxy) is 1. The van der Waals surface area contributed by atoms with Crippen molar-refractivity contribution < 1.29 is 14.1 Å². The van der Waals surface area contributed by atoms with Crippen LogP contribution in [0.4, 0.5) is 0 Å². The Bertz CT molecular complexity index is 692. The fraction of sp³-hybridized carbons (Fsp3) is 0.500. The van der Waals surface area contributed by atoms with Gasteiger partial charge in [0, 0.05) is 37.8 Å². The molecule has 7 nitrogen and oxygen atoms in total. The Morgan fingerprint density at radius 2 is 2.28 bits per heavy atom. The maximum Gasteiger partial charge on any atom is 0.289 e. The van der Waals surface area contributed by atoms with Crippen molar-refractivity contribution in [3.8, 4) is 0 Å². The molecule has 2 fully saturated rings. The van der Waals surface area contributed by atoms with Gasteiger partial charge in [-0.1, -0.05) is 11.2 Å². The van der Waals surface area contributed by atoms with Gasteiger partial charge in [0.05, 0.1) is 24.6 Å². The molecule has 25 heavy (non-hydrogen) atoms. The Balaban J connectivity index is 1.28. The smallest absolute Gasteiger partial charge is 0.289 e. The lowest BCUT2D eigenvalue weighted by Crippen LogP contribution is -2.43. The van der Waals surface area contributed by atoms with E-state index in [2.05, 4.69) is 26.4 Å². The molecule has 3 atom stereocenters. The third-order valence-electron chi connectivity index (χ3n) is 5.12. The van der Waals surface area contributed by atoms with Crippen molar-refractivity contribution in [2.24, 2.45) is 11.8 Å². The number of likely N-dealkylation sites (tertiary alicyclic amines) is 1. The summed E-state index contributed by atoms with van der Waals surface area (Å²) in [5.41, 5.74) is 1.11. The van der Waals surface area contributed by atoms with Crippen molar-refractivity contribution in [3.05, 3.63) is 48.1 Å². The quantitative estimate of drug-likeness (QED) is 0.883. The lowest BCUT2D eigenvalue weighted by atomic mass is 9.84. The number of carbonyl (C=O) groups excluding carboxylic acids is 1. The highest BCUT2D eigenvalue weighted by Crippen LogP contribution is 2.34. The van der Waals surface area contributed by atoms with Crippen LogP contribution in [-0.4, -0.2) is 53.3 Å². The molecule has 0 bridgehead atoms. The highest BCUT2D eigenvalue weighted by Gasteiger charge is 2.40. The monoisotopic (exact) mass is 342 g/mol. The zero-order chi connectivity index (χ0) is 17.1. The van der Waals surface area contributed by atoms with Crippen molar-refractivity contribution >= 4 is 5.91 Å². The molecule has 2 aromatic heterocycles. The standard InChI is InChI=1S/C18H22N4O3/c23-18(16-4-7-21-25-16)20-9-17-15-5-8-22(10-13(15)12-24-17)11-14-3-1-2-6-19-14/h1-4,6-7,13,15,17H,5,8-12H2,(H,20,23)/t13-,15-,17+/m1/s1. The molecule has 132 valence electrons. The minimum absolute atomic E-state index is 0.0777. The number of hydrogen-bond acceptors (Lipinski definition) is 6. The summed E-state index contributed by atoms with van der Waals surface area (Å²) in [6.45, 7) is 4.21. The van der Waals surface area contributed by atoms with E-state index in [0.29, 0.717) is 18.4 Å². The van der Waals surface area contributed by atoms with Crippen LogP contribution in [-0.2, 0) is 11.3 Å². The number of nitrogens with one attached hydrogen (secondary N) is 1. The second-order valence-corrected chi connectivity index (χ2v) is 6.73. The summed E-state index contributed by atoms with van der Waals surface area (Å²) < 4.78 is 10.8. The predicted molar refractivity (Wildman–Crippen MR) is 89.7 cm³/mol. The van der Waals surface area contributed by atoms with Gasteiger partial charge in [-0.2, -0.15) is 0 Å². The summed E-state index contributed by atoms with van der Waals surface area (Å²) in [4.78, 5) is 18.8. The van der Waals surface area contributed by atoms with Gasteiger partial charge in [0.1, 0.15) is 0 Å². The minimum Gasteiger partial charge on any atom is -0.376 e. The summed E-state index contributed by atoms with van der Waals surface area (Å²) >= 11 is 0. The molecule has 1 amide bonds. The molecular formula is C18H22N4O3. The number of fused-ring (bicyclic) bond motifs is 1. The first-order valence-corrected chi connectivity index (χ1v) is 8.72. The molecule has 0 spiro atoms. The van der Waals surface area contributed by atoms with Gasteiger partial charge in [-0.05, 0) is 31.0 Å². The van der Waals surface area contributed by atoms with Crippen LogP contribution in [0.5, 0.6) is 0 Å². The van der Waals surface area contributed by atoms with Crippen molar-refractivity contribution in [2.75, 3.05) is 26.2 Å². The summed E-state index contributed by atoms with van der Waals surface area (Å²) in [5.74, 6) is 1.01. The average Bonchev–Trinajstić information content (AvgIpc) is 3.30. The van der Waals surface area contributed by atoms with Crippen molar-refractivity contribution in [1.29, 1.82) is 0 Å². The largest absolute Gasteiger partial charge is 0.376 e. The van der Waals surface area contributed by atoms with E-state index in [4.69, 9.17) is 9.26 Å². The van der Waals surface area contributed by atoms with E-state index in [9.17, 15) is 4.79 Å². The third kappa shape index (κ3) is 3.72. The van der Waals surface area contributed by atoms with Crippen LogP contribution < -0.4 is 5.32 Å². The minimum atomic E-state index is -0.239. The van der Waals surface area contributed by atoms with E-state index < -0.39 is 0 Å². The molecule has 2 aromatic rings. The SMILES string of the molecule is O=C(NC[C@@H]1OC[C@H]2CN(Cc3ccccn3)CC[C@H]21)c1ccno1. The van der Waals surface area contributed by atoms with E-state index in [1.807, 2.05) is 18.3 Å². The van der Waals surface area contributed by atoms with Gasteiger partial charge in [0.25, 0.3) is 5.91 Å². The summed E-state index contributed by atoms with van der Waals surface area (Å²) in [7, 11) is 0. The van der Waals surface area contributed by atoms with E-state index in [-0.39, 0.29) is 17.8 Å². The van der Waals surface area contributed by atoms with Crippen LogP contribution in [0.25, 0.3) is 0 Å². The maximum absolute atomic E-state index is 12.0.